The third-order valence-corrected chi connectivity index (χ3v) is 4.22. The number of ether oxygens (including phenoxy) is 2. The first-order chi connectivity index (χ1) is 9.48. The minimum Gasteiger partial charge on any atom is -0.468 e. The molecule has 3 unspecified atom stereocenters. The second-order valence-corrected chi connectivity index (χ2v) is 5.78. The van der Waals surface area contributed by atoms with Gasteiger partial charge >= 0.3 is 5.97 Å². The minimum absolute atomic E-state index is 0.187. The number of carbonyl (C=O) groups excluding carboxylic acids is 1. The highest BCUT2D eigenvalue weighted by Crippen LogP contribution is 2.22. The fourth-order valence-electron chi connectivity index (χ4n) is 3.15. The summed E-state index contributed by atoms with van der Waals surface area (Å²) in [6.45, 7) is 11.6. The molecule has 5 nitrogen and oxygen atoms in total. The lowest BCUT2D eigenvalue weighted by atomic mass is 9.91. The predicted molar refractivity (Wildman–Crippen MR) is 79.8 cm³/mol. The van der Waals surface area contributed by atoms with E-state index >= 15 is 0 Å². The molecule has 5 heteroatoms. The second kappa shape index (κ2) is 7.96. The van der Waals surface area contributed by atoms with Gasteiger partial charge in [-0.05, 0) is 33.2 Å². The maximum absolute atomic E-state index is 12.1. The summed E-state index contributed by atoms with van der Waals surface area (Å²) < 4.78 is 10.5. The molecule has 0 radical (unpaired) electrons. The van der Waals surface area contributed by atoms with Crippen LogP contribution >= 0.6 is 0 Å². The Hall–Kier alpha value is -0.650. The number of rotatable bonds is 7. The van der Waals surface area contributed by atoms with Crippen LogP contribution in [0.15, 0.2) is 0 Å². The van der Waals surface area contributed by atoms with Gasteiger partial charge in [-0.2, -0.15) is 0 Å². The number of hydrogen-bond acceptors (Lipinski definition) is 5. The summed E-state index contributed by atoms with van der Waals surface area (Å²) in [7, 11) is 1.45. The summed E-state index contributed by atoms with van der Waals surface area (Å²) in [4.78, 5) is 14.5. The zero-order valence-electron chi connectivity index (χ0n) is 13.6. The third-order valence-electron chi connectivity index (χ3n) is 4.22. The van der Waals surface area contributed by atoms with E-state index in [0.717, 1.165) is 39.1 Å². The van der Waals surface area contributed by atoms with Gasteiger partial charge in [-0.15, -0.1) is 0 Å². The first-order valence-electron chi connectivity index (χ1n) is 7.65. The van der Waals surface area contributed by atoms with E-state index in [1.807, 2.05) is 13.8 Å². The van der Waals surface area contributed by atoms with Gasteiger partial charge in [-0.25, -0.2) is 0 Å². The zero-order chi connectivity index (χ0) is 15.2. The smallest absolute Gasteiger partial charge is 0.325 e. The average molecular weight is 286 g/mol. The summed E-state index contributed by atoms with van der Waals surface area (Å²) in [5, 5.41) is 3.28. The van der Waals surface area contributed by atoms with Crippen LogP contribution in [0.3, 0.4) is 0 Å². The van der Waals surface area contributed by atoms with Gasteiger partial charge in [0.1, 0.15) is 5.54 Å². The van der Waals surface area contributed by atoms with E-state index in [9.17, 15) is 4.79 Å². The molecule has 0 spiro atoms. The van der Waals surface area contributed by atoms with Crippen molar-refractivity contribution in [1.29, 1.82) is 0 Å². The lowest BCUT2D eigenvalue weighted by Crippen LogP contribution is -2.57. The third kappa shape index (κ3) is 4.17. The molecule has 118 valence electrons. The van der Waals surface area contributed by atoms with Gasteiger partial charge in [0.15, 0.2) is 0 Å². The van der Waals surface area contributed by atoms with Crippen molar-refractivity contribution < 1.29 is 14.3 Å². The molecule has 0 amide bonds. The molecule has 1 fully saturated rings. The van der Waals surface area contributed by atoms with Crippen LogP contribution in [0.4, 0.5) is 0 Å². The quantitative estimate of drug-likeness (QED) is 0.717. The molecule has 1 saturated heterocycles. The van der Waals surface area contributed by atoms with Crippen molar-refractivity contribution in [2.24, 2.45) is 0 Å². The van der Waals surface area contributed by atoms with Crippen molar-refractivity contribution in [3.8, 4) is 0 Å². The topological polar surface area (TPSA) is 50.8 Å². The standard InChI is InChI=1S/C15H30N2O3/c1-6-13-11-20-9-8-17(13)12(3)10-15(4,16-7-2)14(18)19-5/h12-13,16H,6-11H2,1-5H3. The van der Waals surface area contributed by atoms with Crippen molar-refractivity contribution >= 4 is 5.97 Å². The van der Waals surface area contributed by atoms with Gasteiger partial charge in [0.05, 0.1) is 20.3 Å². The molecule has 1 rings (SSSR count). The van der Waals surface area contributed by atoms with Crippen LogP contribution in [0.25, 0.3) is 0 Å². The highest BCUT2D eigenvalue weighted by molar-refractivity contribution is 5.80. The zero-order valence-corrected chi connectivity index (χ0v) is 13.6. The van der Waals surface area contributed by atoms with Gasteiger partial charge in [-0.3, -0.25) is 9.69 Å². The monoisotopic (exact) mass is 286 g/mol. The first-order valence-corrected chi connectivity index (χ1v) is 7.65. The Labute approximate surface area is 123 Å². The van der Waals surface area contributed by atoms with E-state index in [-0.39, 0.29) is 5.97 Å². The number of hydrogen-bond donors (Lipinski definition) is 1. The number of esters is 1. The van der Waals surface area contributed by atoms with Crippen molar-refractivity contribution in [2.75, 3.05) is 33.4 Å². The van der Waals surface area contributed by atoms with Crippen LogP contribution < -0.4 is 5.32 Å². The molecule has 0 bridgehead atoms. The first kappa shape index (κ1) is 17.4. The van der Waals surface area contributed by atoms with Crippen LogP contribution in [0, 0.1) is 0 Å². The summed E-state index contributed by atoms with van der Waals surface area (Å²) in [6.07, 6.45) is 1.81. The Morgan fingerprint density at radius 1 is 1.55 bits per heavy atom. The molecular weight excluding hydrogens is 256 g/mol. The van der Waals surface area contributed by atoms with E-state index in [2.05, 4.69) is 24.1 Å². The molecule has 0 saturated carbocycles. The van der Waals surface area contributed by atoms with Gasteiger partial charge in [0.25, 0.3) is 0 Å². The highest BCUT2D eigenvalue weighted by Gasteiger charge is 2.38. The highest BCUT2D eigenvalue weighted by atomic mass is 16.5. The Balaban J connectivity index is 2.73. The fourth-order valence-corrected chi connectivity index (χ4v) is 3.15. The normalized spacial score (nSPS) is 24.9. The van der Waals surface area contributed by atoms with E-state index in [0.29, 0.717) is 12.1 Å². The number of nitrogens with one attached hydrogen (secondary N) is 1. The predicted octanol–water partition coefficient (Wildman–Crippen LogP) is 1.42. The summed E-state index contributed by atoms with van der Waals surface area (Å²) in [5.41, 5.74) is -0.625. The van der Waals surface area contributed by atoms with Crippen molar-refractivity contribution in [3.05, 3.63) is 0 Å². The summed E-state index contributed by atoms with van der Waals surface area (Å²) >= 11 is 0. The van der Waals surface area contributed by atoms with E-state index < -0.39 is 5.54 Å². The van der Waals surface area contributed by atoms with Crippen LogP contribution in [0.1, 0.15) is 40.5 Å². The second-order valence-electron chi connectivity index (χ2n) is 5.78. The molecule has 1 aliphatic rings. The fraction of sp³-hybridized carbons (Fsp3) is 0.933. The lowest BCUT2D eigenvalue weighted by Gasteiger charge is -2.42. The molecule has 1 N–H and O–H groups in total. The van der Waals surface area contributed by atoms with Crippen LogP contribution in [0.2, 0.25) is 0 Å². The van der Waals surface area contributed by atoms with Crippen molar-refractivity contribution in [1.82, 2.24) is 10.2 Å². The van der Waals surface area contributed by atoms with E-state index in [4.69, 9.17) is 9.47 Å². The summed E-state index contributed by atoms with van der Waals surface area (Å²) in [6, 6.07) is 0.759. The molecule has 0 aliphatic carbocycles. The van der Waals surface area contributed by atoms with Gasteiger partial charge in [-0.1, -0.05) is 13.8 Å². The van der Waals surface area contributed by atoms with Crippen molar-refractivity contribution in [3.63, 3.8) is 0 Å². The molecular formula is C15H30N2O3. The molecule has 0 aromatic heterocycles. The van der Waals surface area contributed by atoms with E-state index in [1.165, 1.54) is 7.11 Å². The lowest BCUT2D eigenvalue weighted by molar-refractivity contribution is -0.149. The van der Waals surface area contributed by atoms with Crippen molar-refractivity contribution in [2.45, 2.75) is 58.2 Å². The van der Waals surface area contributed by atoms with Gasteiger partial charge in [0.2, 0.25) is 0 Å². The van der Waals surface area contributed by atoms with E-state index in [1.54, 1.807) is 0 Å². The minimum atomic E-state index is -0.625. The Morgan fingerprint density at radius 2 is 2.25 bits per heavy atom. The SMILES string of the molecule is CCNC(C)(CC(C)N1CCOCC1CC)C(=O)OC. The number of morpholine rings is 1. The van der Waals surface area contributed by atoms with Gasteiger partial charge < -0.3 is 14.8 Å². The number of nitrogens with zero attached hydrogens (tertiary/aromatic N) is 1. The molecule has 1 aliphatic heterocycles. The molecule has 20 heavy (non-hydrogen) atoms. The van der Waals surface area contributed by atoms with Crippen LogP contribution in [0.5, 0.6) is 0 Å². The van der Waals surface area contributed by atoms with Gasteiger partial charge in [0, 0.05) is 18.6 Å². The Bertz CT molecular complexity index is 311. The molecule has 0 aromatic carbocycles. The summed E-state index contributed by atoms with van der Waals surface area (Å²) in [5.74, 6) is -0.187. The van der Waals surface area contributed by atoms with Crippen LogP contribution in [-0.2, 0) is 14.3 Å². The molecule has 1 heterocycles. The Morgan fingerprint density at radius 3 is 2.80 bits per heavy atom. The van der Waals surface area contributed by atoms with Crippen LogP contribution in [-0.4, -0.2) is 61.9 Å². The Kier molecular flexibility index (Phi) is 6.92. The maximum atomic E-state index is 12.1. The molecule has 0 aromatic rings. The average Bonchev–Trinajstić information content (AvgIpc) is 2.46. The number of methoxy groups -OCH3 is 1. The largest absolute Gasteiger partial charge is 0.468 e. The molecule has 3 atom stereocenters. The number of carbonyl (C=O) groups is 1. The number of likely N-dealkylation sites (N-methyl/N-ethyl adjacent to an activating group) is 1. The maximum Gasteiger partial charge on any atom is 0.325 e.